The van der Waals surface area contributed by atoms with Crippen LogP contribution < -0.4 is 6.15 Å². The summed E-state index contributed by atoms with van der Waals surface area (Å²) in [5.74, 6) is 0. The highest BCUT2D eigenvalue weighted by atomic mass is 32.1. The monoisotopic (exact) mass is 238 g/mol. The summed E-state index contributed by atoms with van der Waals surface area (Å²) in [6.07, 6.45) is 0.595. The molecule has 6 heteroatoms. The number of nitriles is 2. The second-order valence-corrected chi connectivity index (χ2v) is 3.46. The van der Waals surface area contributed by atoms with Crippen molar-refractivity contribution in [3.05, 3.63) is 21.3 Å². The molecule has 4 nitrogen and oxygen atoms in total. The maximum Gasteiger partial charge on any atom is 0.122 e. The number of aromatic amines is 1. The predicted octanol–water partition coefficient (Wildman–Crippen LogP) is 2.50. The molecule has 0 spiro atoms. The number of aromatic nitrogens is 1. The average Bonchev–Trinajstić information content (AvgIpc) is 2.16. The number of hydrogen-bond acceptors (Lipinski definition) is 5. The van der Waals surface area contributed by atoms with Crippen LogP contribution in [-0.2, 0) is 6.42 Å². The maximum absolute atomic E-state index is 8.88. The van der Waals surface area contributed by atoms with Crippen LogP contribution in [-0.4, -0.2) is 4.98 Å². The quantitative estimate of drug-likeness (QED) is 0.517. The van der Waals surface area contributed by atoms with Crippen molar-refractivity contribution in [2.75, 3.05) is 0 Å². The van der Waals surface area contributed by atoms with Gasteiger partial charge < -0.3 is 11.1 Å². The Bertz CT molecular complexity index is 505. The van der Waals surface area contributed by atoms with E-state index >= 15 is 0 Å². The van der Waals surface area contributed by atoms with E-state index in [1.54, 1.807) is 0 Å². The van der Waals surface area contributed by atoms with Crippen LogP contribution in [0.2, 0.25) is 0 Å². The molecule has 0 bridgehead atoms. The van der Waals surface area contributed by atoms with E-state index in [1.807, 2.05) is 19.1 Å². The molecule has 0 saturated carbocycles. The Morgan fingerprint density at radius 2 is 1.87 bits per heavy atom. The summed E-state index contributed by atoms with van der Waals surface area (Å²) in [6, 6.07) is 4.01. The smallest absolute Gasteiger partial charge is 0.122 e. The minimum absolute atomic E-state index is 0. The molecule has 1 rings (SSSR count). The van der Waals surface area contributed by atoms with Gasteiger partial charge in [-0.15, -0.1) is 12.6 Å². The summed E-state index contributed by atoms with van der Waals surface area (Å²) in [5.41, 5.74) is 1.45. The minimum atomic E-state index is 0. The Morgan fingerprint density at radius 3 is 2.27 bits per heavy atom. The van der Waals surface area contributed by atoms with Gasteiger partial charge >= 0.3 is 0 Å². The molecule has 78 valence electrons. The molecule has 1 aromatic rings. The lowest BCUT2D eigenvalue weighted by Crippen LogP contribution is -1.98. The third kappa shape index (κ3) is 2.37. The summed E-state index contributed by atoms with van der Waals surface area (Å²) < 4.78 is 0.341. The van der Waals surface area contributed by atoms with E-state index in [2.05, 4.69) is 17.6 Å². The van der Waals surface area contributed by atoms with Crippen molar-refractivity contribution in [2.24, 2.45) is 0 Å². The first-order valence-corrected chi connectivity index (χ1v) is 4.79. The fraction of sp³-hybridized carbons (Fsp3) is 0.222. The van der Waals surface area contributed by atoms with Gasteiger partial charge in [-0.25, -0.2) is 0 Å². The number of thiol groups is 1. The van der Waals surface area contributed by atoms with Crippen molar-refractivity contribution in [3.63, 3.8) is 0 Å². The fourth-order valence-electron chi connectivity index (χ4n) is 1.23. The molecule has 1 heterocycles. The zero-order chi connectivity index (χ0) is 10.7. The van der Waals surface area contributed by atoms with Crippen molar-refractivity contribution in [1.29, 1.82) is 10.5 Å². The van der Waals surface area contributed by atoms with E-state index < -0.39 is 0 Å². The second-order valence-electron chi connectivity index (χ2n) is 2.61. The maximum atomic E-state index is 8.88. The van der Waals surface area contributed by atoms with Crippen molar-refractivity contribution in [1.82, 2.24) is 11.1 Å². The van der Waals surface area contributed by atoms with E-state index in [-0.39, 0.29) is 6.15 Å². The predicted molar refractivity (Wildman–Crippen MR) is 62.7 cm³/mol. The largest absolute Gasteiger partial charge is 0.344 e. The highest BCUT2D eigenvalue weighted by molar-refractivity contribution is 7.80. The normalized spacial score (nSPS) is 8.53. The zero-order valence-corrected chi connectivity index (χ0v) is 9.88. The molecular formula is C9H10N4S2. The molecule has 0 unspecified atom stereocenters. The highest BCUT2D eigenvalue weighted by Crippen LogP contribution is 2.20. The van der Waals surface area contributed by atoms with Gasteiger partial charge in [0.05, 0.1) is 16.2 Å². The lowest BCUT2D eigenvalue weighted by atomic mass is 10.0. The van der Waals surface area contributed by atoms with E-state index in [0.29, 0.717) is 32.8 Å². The summed E-state index contributed by atoms with van der Waals surface area (Å²) in [6.45, 7) is 1.87. The van der Waals surface area contributed by atoms with Gasteiger partial charge in [-0.3, -0.25) is 0 Å². The molecule has 0 amide bonds. The average molecular weight is 238 g/mol. The Hall–Kier alpha value is -1.34. The van der Waals surface area contributed by atoms with Crippen molar-refractivity contribution >= 4 is 24.8 Å². The van der Waals surface area contributed by atoms with Crippen molar-refractivity contribution in [3.8, 4) is 12.1 Å². The van der Waals surface area contributed by atoms with Crippen LogP contribution in [0.15, 0.2) is 5.03 Å². The minimum Gasteiger partial charge on any atom is -0.344 e. The van der Waals surface area contributed by atoms with Gasteiger partial charge in [-0.1, -0.05) is 19.1 Å². The van der Waals surface area contributed by atoms with Crippen LogP contribution in [0.4, 0.5) is 0 Å². The first-order chi connectivity index (χ1) is 6.65. The first-order valence-electron chi connectivity index (χ1n) is 3.94. The van der Waals surface area contributed by atoms with E-state index in [9.17, 15) is 0 Å². The molecule has 0 aliphatic heterocycles. The van der Waals surface area contributed by atoms with Crippen molar-refractivity contribution < 1.29 is 0 Å². The molecule has 0 atom stereocenters. The number of pyridine rings is 1. The van der Waals surface area contributed by atoms with E-state index in [4.69, 9.17) is 22.7 Å². The first kappa shape index (κ1) is 13.7. The molecule has 1 aromatic heterocycles. The van der Waals surface area contributed by atoms with E-state index in [0.717, 1.165) is 0 Å². The number of rotatable bonds is 1. The Labute approximate surface area is 98.5 Å². The molecule has 0 aliphatic carbocycles. The molecular weight excluding hydrogens is 228 g/mol. The second kappa shape index (κ2) is 5.52. The lowest BCUT2D eigenvalue weighted by molar-refractivity contribution is 1.01. The highest BCUT2D eigenvalue weighted by Gasteiger charge is 2.11. The Balaban J connectivity index is 0.00000196. The van der Waals surface area contributed by atoms with Gasteiger partial charge in [0.25, 0.3) is 0 Å². The third-order valence-corrected chi connectivity index (χ3v) is 2.52. The van der Waals surface area contributed by atoms with Gasteiger partial charge in [-0.05, 0) is 12.0 Å². The van der Waals surface area contributed by atoms with Crippen LogP contribution in [0, 0.1) is 27.3 Å². The summed E-state index contributed by atoms with van der Waals surface area (Å²) in [5, 5.41) is 18.2. The summed E-state index contributed by atoms with van der Waals surface area (Å²) in [7, 11) is 0. The number of nitrogens with one attached hydrogen (secondary N) is 1. The summed E-state index contributed by atoms with van der Waals surface area (Å²) >= 11 is 9.07. The molecule has 0 aliphatic rings. The molecule has 0 radical (unpaired) electrons. The topological polar surface area (TPSA) is 98.4 Å². The third-order valence-electron chi connectivity index (χ3n) is 1.88. The Kier molecular flexibility index (Phi) is 5.03. The number of hydrogen-bond donors (Lipinski definition) is 3. The Morgan fingerprint density at radius 1 is 1.33 bits per heavy atom. The van der Waals surface area contributed by atoms with Gasteiger partial charge in [0.1, 0.15) is 16.8 Å². The standard InChI is InChI=1S/C9H7N3S2.H3N/c1-2-5-6(3-10)8(13)12-9(14)7(5)4-11;/h2H2,1H3,(H2,12,13,14);1H3. The van der Waals surface area contributed by atoms with Crippen LogP contribution in [0.3, 0.4) is 0 Å². The molecule has 0 saturated heterocycles. The zero-order valence-electron chi connectivity index (χ0n) is 8.16. The van der Waals surface area contributed by atoms with Crippen LogP contribution in [0.5, 0.6) is 0 Å². The SMILES string of the molecule is CCc1c(C#N)c(S)[nH]c(=S)c1C#N.N. The molecule has 15 heavy (non-hydrogen) atoms. The lowest BCUT2D eigenvalue weighted by Gasteiger charge is -2.05. The molecule has 0 aromatic carbocycles. The van der Waals surface area contributed by atoms with E-state index in [1.165, 1.54) is 0 Å². The molecule has 4 N–H and O–H groups in total. The molecule has 0 fully saturated rings. The van der Waals surface area contributed by atoms with Crippen molar-refractivity contribution in [2.45, 2.75) is 18.4 Å². The van der Waals surface area contributed by atoms with Crippen LogP contribution in [0.1, 0.15) is 23.6 Å². The van der Waals surface area contributed by atoms with Gasteiger partial charge in [0.2, 0.25) is 0 Å². The van der Waals surface area contributed by atoms with Crippen LogP contribution >= 0.6 is 24.8 Å². The van der Waals surface area contributed by atoms with Gasteiger partial charge in [-0.2, -0.15) is 10.5 Å². The fourth-order valence-corrected chi connectivity index (χ4v) is 1.87. The van der Waals surface area contributed by atoms with Crippen LogP contribution in [0.25, 0.3) is 0 Å². The number of H-pyrrole nitrogens is 1. The van der Waals surface area contributed by atoms with Gasteiger partial charge in [0, 0.05) is 0 Å². The number of nitrogens with zero attached hydrogens (tertiary/aromatic N) is 2. The van der Waals surface area contributed by atoms with Gasteiger partial charge in [0.15, 0.2) is 0 Å². The summed E-state index contributed by atoms with van der Waals surface area (Å²) in [4.78, 5) is 2.72.